The van der Waals surface area contributed by atoms with Crippen LogP contribution in [0, 0.1) is 5.82 Å². The Labute approximate surface area is 168 Å². The molecular weight excluding hydrogens is 407 g/mol. The van der Waals surface area contributed by atoms with Crippen LogP contribution in [0.3, 0.4) is 0 Å². The van der Waals surface area contributed by atoms with E-state index in [1.807, 2.05) is 0 Å². The Morgan fingerprint density at radius 1 is 1.07 bits per heavy atom. The Kier molecular flexibility index (Phi) is 7.53. The molecule has 1 unspecified atom stereocenters. The highest BCUT2D eigenvalue weighted by Crippen LogP contribution is 2.17. The zero-order valence-corrected chi connectivity index (χ0v) is 16.7. The molecule has 9 heteroatoms. The fraction of sp³-hybridized carbons (Fsp3) is 0.263. The van der Waals surface area contributed by atoms with Gasteiger partial charge >= 0.3 is 0 Å². The summed E-state index contributed by atoms with van der Waals surface area (Å²) in [4.78, 5) is 23.9. The highest BCUT2D eigenvalue weighted by Gasteiger charge is 2.29. The van der Waals surface area contributed by atoms with Crippen LogP contribution in [0.15, 0.2) is 53.4 Å². The highest BCUT2D eigenvalue weighted by atomic mass is 35.5. The molecule has 0 saturated heterocycles. The van der Waals surface area contributed by atoms with Gasteiger partial charge in [-0.1, -0.05) is 11.6 Å². The second-order valence-electron chi connectivity index (χ2n) is 6.09. The van der Waals surface area contributed by atoms with Crippen LogP contribution in [0.5, 0.6) is 0 Å². The smallest absolute Gasteiger partial charge is 0.238 e. The standard InChI is InChI=1S/C19H20ClFN2O4S/c1-13(28(26,27)17-10-6-15(21)7-11-17)19(25)22-12-2-3-18(24)23-16-8-4-14(20)5-9-16/h4-11,13H,2-3,12H2,1H3,(H,22,25)(H,23,24). The number of carbonyl (C=O) groups is 2. The molecule has 0 heterocycles. The zero-order chi connectivity index (χ0) is 20.7. The number of carbonyl (C=O) groups excluding carboxylic acids is 2. The third-order valence-electron chi connectivity index (χ3n) is 3.98. The first kappa shape index (κ1) is 21.8. The number of nitrogens with one attached hydrogen (secondary N) is 2. The van der Waals surface area contributed by atoms with E-state index in [9.17, 15) is 22.4 Å². The molecule has 2 N–H and O–H groups in total. The molecule has 6 nitrogen and oxygen atoms in total. The maximum absolute atomic E-state index is 12.9. The molecule has 0 bridgehead atoms. The van der Waals surface area contributed by atoms with Crippen LogP contribution in [0.2, 0.25) is 5.02 Å². The summed E-state index contributed by atoms with van der Waals surface area (Å²) in [5.74, 6) is -1.47. The predicted octanol–water partition coefficient (Wildman–Crippen LogP) is 3.18. The molecule has 0 fully saturated rings. The summed E-state index contributed by atoms with van der Waals surface area (Å²) in [6, 6.07) is 10.9. The fourth-order valence-electron chi connectivity index (χ4n) is 2.33. The van der Waals surface area contributed by atoms with Gasteiger partial charge in [-0.15, -0.1) is 0 Å². The number of rotatable bonds is 8. The van der Waals surface area contributed by atoms with Crippen molar-refractivity contribution in [1.82, 2.24) is 5.32 Å². The lowest BCUT2D eigenvalue weighted by Gasteiger charge is -2.13. The van der Waals surface area contributed by atoms with E-state index < -0.39 is 26.8 Å². The number of sulfone groups is 1. The van der Waals surface area contributed by atoms with E-state index in [1.165, 1.54) is 6.92 Å². The molecule has 2 rings (SSSR count). The zero-order valence-electron chi connectivity index (χ0n) is 15.1. The van der Waals surface area contributed by atoms with Gasteiger partial charge in [0.1, 0.15) is 11.1 Å². The molecule has 0 spiro atoms. The minimum Gasteiger partial charge on any atom is -0.355 e. The van der Waals surface area contributed by atoms with Gasteiger partial charge in [0.05, 0.1) is 4.90 Å². The van der Waals surface area contributed by atoms with Gasteiger partial charge in [0.25, 0.3) is 0 Å². The lowest BCUT2D eigenvalue weighted by atomic mass is 10.2. The van der Waals surface area contributed by atoms with Crippen LogP contribution in [0.4, 0.5) is 10.1 Å². The van der Waals surface area contributed by atoms with E-state index >= 15 is 0 Å². The topological polar surface area (TPSA) is 92.3 Å². The SMILES string of the molecule is CC(C(=O)NCCCC(=O)Nc1ccc(Cl)cc1)S(=O)(=O)c1ccc(F)cc1. The quantitative estimate of drug-likeness (QED) is 0.501. The molecule has 0 aliphatic heterocycles. The number of halogens is 2. The van der Waals surface area contributed by atoms with Gasteiger partial charge in [-0.05, 0) is 61.9 Å². The fourth-order valence-corrected chi connectivity index (χ4v) is 3.75. The molecule has 0 aliphatic carbocycles. The minimum atomic E-state index is -3.92. The predicted molar refractivity (Wildman–Crippen MR) is 105 cm³/mol. The average Bonchev–Trinajstić information content (AvgIpc) is 2.66. The Hall–Kier alpha value is -2.45. The molecule has 0 aromatic heterocycles. The van der Waals surface area contributed by atoms with Crippen molar-refractivity contribution in [2.75, 3.05) is 11.9 Å². The Morgan fingerprint density at radius 2 is 1.68 bits per heavy atom. The second kappa shape index (κ2) is 9.66. The summed E-state index contributed by atoms with van der Waals surface area (Å²) in [5, 5.41) is 4.43. The van der Waals surface area contributed by atoms with Gasteiger partial charge in [-0.3, -0.25) is 9.59 Å². The lowest BCUT2D eigenvalue weighted by Crippen LogP contribution is -2.38. The summed E-state index contributed by atoms with van der Waals surface area (Å²) in [5.41, 5.74) is 0.609. The van der Waals surface area contributed by atoms with Crippen molar-refractivity contribution in [3.05, 3.63) is 59.4 Å². The minimum absolute atomic E-state index is 0.126. The second-order valence-corrected chi connectivity index (χ2v) is 8.80. The van der Waals surface area contributed by atoms with Gasteiger partial charge in [-0.2, -0.15) is 0 Å². The summed E-state index contributed by atoms with van der Waals surface area (Å²) in [6.07, 6.45) is 0.497. The molecule has 2 aromatic carbocycles. The third kappa shape index (κ3) is 6.03. The van der Waals surface area contributed by atoms with E-state index in [2.05, 4.69) is 10.6 Å². The maximum Gasteiger partial charge on any atom is 0.238 e. The molecule has 2 amide bonds. The number of anilines is 1. The summed E-state index contributed by atoms with van der Waals surface area (Å²) in [6.45, 7) is 1.41. The van der Waals surface area contributed by atoms with Crippen molar-refractivity contribution in [1.29, 1.82) is 0 Å². The maximum atomic E-state index is 12.9. The number of amides is 2. The summed E-state index contributed by atoms with van der Waals surface area (Å²) in [7, 11) is -3.92. The summed E-state index contributed by atoms with van der Waals surface area (Å²) >= 11 is 5.77. The molecule has 150 valence electrons. The van der Waals surface area contributed by atoms with Crippen LogP contribution in [-0.4, -0.2) is 32.0 Å². The van der Waals surface area contributed by atoms with E-state index in [0.29, 0.717) is 17.1 Å². The first-order chi connectivity index (χ1) is 13.2. The van der Waals surface area contributed by atoms with Gasteiger partial charge in [0, 0.05) is 23.7 Å². The highest BCUT2D eigenvalue weighted by molar-refractivity contribution is 7.92. The third-order valence-corrected chi connectivity index (χ3v) is 6.31. The number of hydrogen-bond acceptors (Lipinski definition) is 4. The van der Waals surface area contributed by atoms with Gasteiger partial charge in [0.2, 0.25) is 11.8 Å². The number of benzene rings is 2. The van der Waals surface area contributed by atoms with Crippen LogP contribution < -0.4 is 10.6 Å². The van der Waals surface area contributed by atoms with Crippen LogP contribution in [0.25, 0.3) is 0 Å². The van der Waals surface area contributed by atoms with E-state index in [4.69, 9.17) is 11.6 Å². The molecule has 0 aliphatic rings. The largest absolute Gasteiger partial charge is 0.355 e. The molecular formula is C19H20ClFN2O4S. The van der Waals surface area contributed by atoms with Gasteiger partial charge in [-0.25, -0.2) is 12.8 Å². The Balaban J connectivity index is 1.79. The van der Waals surface area contributed by atoms with Gasteiger partial charge < -0.3 is 10.6 Å². The Bertz CT molecular complexity index is 931. The monoisotopic (exact) mass is 426 g/mol. The van der Waals surface area contributed by atoms with Crippen LogP contribution >= 0.6 is 11.6 Å². The number of hydrogen-bond donors (Lipinski definition) is 2. The molecule has 0 radical (unpaired) electrons. The first-order valence-electron chi connectivity index (χ1n) is 8.53. The normalized spacial score (nSPS) is 12.2. The van der Waals surface area contributed by atoms with Crippen LogP contribution in [-0.2, 0) is 19.4 Å². The van der Waals surface area contributed by atoms with Crippen molar-refractivity contribution >= 4 is 38.9 Å². The molecule has 1 atom stereocenters. The lowest BCUT2D eigenvalue weighted by molar-refractivity contribution is -0.121. The molecule has 28 heavy (non-hydrogen) atoms. The first-order valence-corrected chi connectivity index (χ1v) is 10.4. The molecule has 0 saturated carbocycles. The van der Waals surface area contributed by atoms with Crippen molar-refractivity contribution in [2.45, 2.75) is 29.9 Å². The summed E-state index contributed by atoms with van der Waals surface area (Å²) < 4.78 is 37.7. The van der Waals surface area contributed by atoms with E-state index in [0.717, 1.165) is 24.3 Å². The van der Waals surface area contributed by atoms with Crippen molar-refractivity contribution in [3.8, 4) is 0 Å². The van der Waals surface area contributed by atoms with Gasteiger partial charge in [0.15, 0.2) is 9.84 Å². The van der Waals surface area contributed by atoms with Crippen LogP contribution in [0.1, 0.15) is 19.8 Å². The Morgan fingerprint density at radius 3 is 2.29 bits per heavy atom. The van der Waals surface area contributed by atoms with Crippen molar-refractivity contribution in [3.63, 3.8) is 0 Å². The average molecular weight is 427 g/mol. The van der Waals surface area contributed by atoms with Crippen molar-refractivity contribution in [2.24, 2.45) is 0 Å². The van der Waals surface area contributed by atoms with E-state index in [1.54, 1.807) is 24.3 Å². The van der Waals surface area contributed by atoms with E-state index in [-0.39, 0.29) is 23.8 Å². The molecule has 2 aromatic rings. The van der Waals surface area contributed by atoms with Crippen molar-refractivity contribution < 1.29 is 22.4 Å².